The highest BCUT2D eigenvalue weighted by molar-refractivity contribution is 7.68. The molecule has 0 unspecified atom stereocenters. The van der Waals surface area contributed by atoms with Crippen LogP contribution in [0.25, 0.3) is 11.2 Å². The molecule has 2 heterocycles. The maximum atomic E-state index is 13.3. The van der Waals surface area contributed by atoms with Crippen LogP contribution >= 0.6 is 8.19 Å². The standard InChI is InChI=1S/C12H9F3N3OP.C9H12O/c1-6(19)10-7(16)5-8-11(10)12(20(13,14)15)17-9-3-2-4-18(8)9;1-6-4-5-9(10)8(3)7(6)2/h2-4H,5H2,1H3,(H-,16,19);4-5,10H,1-3H3/p+1. The van der Waals surface area contributed by atoms with Crippen molar-refractivity contribution in [1.82, 2.24) is 9.38 Å². The van der Waals surface area contributed by atoms with Gasteiger partial charge in [-0.15, -0.1) is 0 Å². The van der Waals surface area contributed by atoms with Crippen LogP contribution in [0.1, 0.15) is 34.9 Å². The van der Waals surface area contributed by atoms with E-state index in [0.29, 0.717) is 11.4 Å². The number of carbonyl (C=O) groups is 1. The summed E-state index contributed by atoms with van der Waals surface area (Å²) >= 11 is 0. The van der Waals surface area contributed by atoms with Crippen molar-refractivity contribution >= 4 is 30.6 Å². The van der Waals surface area contributed by atoms with Crippen molar-refractivity contribution in [3.05, 3.63) is 64.1 Å². The van der Waals surface area contributed by atoms with Gasteiger partial charge in [0, 0.05) is 36.6 Å². The van der Waals surface area contributed by atoms with Crippen LogP contribution in [0, 0.1) is 20.8 Å². The molecule has 3 aromatic rings. The lowest BCUT2D eigenvalue weighted by Crippen LogP contribution is -2.18. The Bertz CT molecular complexity index is 1170. The number of hydrogen-bond acceptors (Lipinski definition) is 4. The number of allylic oxidation sites excluding steroid dienone is 2. The van der Waals surface area contributed by atoms with Crippen LogP contribution in [-0.4, -0.2) is 20.3 Å². The number of aryl methyl sites for hydroxylation is 1. The largest absolute Gasteiger partial charge is 0.620 e. The quantitative estimate of drug-likeness (QED) is 0.568. The summed E-state index contributed by atoms with van der Waals surface area (Å²) in [4.78, 5) is 15.3. The summed E-state index contributed by atoms with van der Waals surface area (Å²) in [5.74, 6) is -0.0765. The molecule has 0 atom stereocenters. The number of benzene rings is 1. The van der Waals surface area contributed by atoms with Gasteiger partial charge in [-0.3, -0.25) is 4.79 Å². The van der Waals surface area contributed by atoms with E-state index in [9.17, 15) is 22.5 Å². The van der Waals surface area contributed by atoms with Crippen LogP contribution in [0.4, 0.5) is 12.6 Å². The number of carbonyl (C=O) groups excluding carboxylic acids is 1. The van der Waals surface area contributed by atoms with Crippen LogP contribution in [0.5, 0.6) is 5.75 Å². The van der Waals surface area contributed by atoms with Gasteiger partial charge in [-0.25, -0.2) is 0 Å². The number of nitrogens with zero attached hydrogens (tertiary/aromatic N) is 2. The monoisotopic (exact) mass is 436 g/mol. The molecule has 0 saturated heterocycles. The molecule has 0 saturated carbocycles. The maximum Gasteiger partial charge on any atom is 0.620 e. The van der Waals surface area contributed by atoms with Gasteiger partial charge in [-0.2, -0.15) is 4.98 Å². The zero-order valence-electron chi connectivity index (χ0n) is 17.0. The summed E-state index contributed by atoms with van der Waals surface area (Å²) in [6, 6.07) is 6.78. The molecule has 2 aromatic heterocycles. The summed E-state index contributed by atoms with van der Waals surface area (Å²) in [5.41, 5.74) is 8.81. The third kappa shape index (κ3) is 3.79. The molecular weight excluding hydrogens is 414 g/mol. The SMILES string of the molecule is CC(=O)C1=C(N)Cc2c1c([P+](F)(F)F)nc1cccn21.Cc1ccc(O)c(C)c1C. The number of nitrogens with two attached hydrogens (primary N) is 1. The van der Waals surface area contributed by atoms with Crippen LogP contribution < -0.4 is 11.2 Å². The fraction of sp³-hybridized carbons (Fsp3) is 0.238. The Kier molecular flexibility index (Phi) is 5.65. The molecular formula is C21H22F3N3O2P+. The summed E-state index contributed by atoms with van der Waals surface area (Å²) < 4.78 is 41.5. The van der Waals surface area contributed by atoms with Crippen molar-refractivity contribution in [3.8, 4) is 5.75 Å². The number of fused-ring (bicyclic) bond motifs is 3. The Hall–Kier alpha value is -2.86. The smallest absolute Gasteiger partial charge is 0.508 e. The van der Waals surface area contributed by atoms with E-state index in [1.807, 2.05) is 26.8 Å². The van der Waals surface area contributed by atoms with E-state index in [2.05, 4.69) is 4.98 Å². The lowest BCUT2D eigenvalue weighted by molar-refractivity contribution is -0.111. The number of halogens is 3. The van der Waals surface area contributed by atoms with Gasteiger partial charge in [0.15, 0.2) is 5.78 Å². The van der Waals surface area contributed by atoms with Gasteiger partial charge in [0.1, 0.15) is 11.4 Å². The van der Waals surface area contributed by atoms with Crippen LogP contribution in [-0.2, 0) is 11.2 Å². The molecule has 0 aliphatic heterocycles. The zero-order valence-corrected chi connectivity index (χ0v) is 17.9. The number of rotatable bonds is 2. The highest BCUT2D eigenvalue weighted by atomic mass is 31.3. The van der Waals surface area contributed by atoms with Crippen LogP contribution in [0.2, 0.25) is 0 Å². The highest BCUT2D eigenvalue weighted by Crippen LogP contribution is 2.64. The summed E-state index contributed by atoms with van der Waals surface area (Å²) in [5, 5.41) is 9.22. The van der Waals surface area contributed by atoms with Crippen LogP contribution in [0.3, 0.4) is 0 Å². The van der Waals surface area contributed by atoms with E-state index < -0.39 is 19.4 Å². The minimum absolute atomic E-state index is 0.0459. The Morgan fingerprint density at radius 3 is 2.40 bits per heavy atom. The first-order valence-electron chi connectivity index (χ1n) is 9.17. The Morgan fingerprint density at radius 1 is 1.17 bits per heavy atom. The molecule has 4 rings (SSSR count). The number of hydrogen-bond donors (Lipinski definition) is 2. The van der Waals surface area contributed by atoms with Gasteiger partial charge < -0.3 is 15.2 Å². The second-order valence-corrected chi connectivity index (χ2v) is 8.54. The maximum absolute atomic E-state index is 13.3. The van der Waals surface area contributed by atoms with Crippen molar-refractivity contribution in [2.75, 3.05) is 0 Å². The first-order chi connectivity index (χ1) is 13.9. The third-order valence-electron chi connectivity index (χ3n) is 5.30. The van der Waals surface area contributed by atoms with Crippen molar-refractivity contribution in [2.24, 2.45) is 5.73 Å². The first-order valence-corrected chi connectivity index (χ1v) is 10.6. The molecule has 9 heteroatoms. The number of phenolic OH excluding ortho intramolecular Hbond substituents is 1. The number of aromatic nitrogens is 2. The van der Waals surface area contributed by atoms with Crippen molar-refractivity contribution < 1.29 is 22.5 Å². The summed E-state index contributed by atoms with van der Waals surface area (Å²) in [6.07, 6.45) is 1.75. The Labute approximate surface area is 172 Å². The van der Waals surface area contributed by atoms with E-state index in [1.165, 1.54) is 24.1 Å². The molecule has 5 nitrogen and oxygen atoms in total. The van der Waals surface area contributed by atoms with Crippen molar-refractivity contribution in [3.63, 3.8) is 0 Å². The molecule has 0 spiro atoms. The second kappa shape index (κ2) is 7.76. The van der Waals surface area contributed by atoms with E-state index in [1.54, 1.807) is 22.7 Å². The van der Waals surface area contributed by atoms with E-state index >= 15 is 0 Å². The third-order valence-corrected chi connectivity index (χ3v) is 6.11. The number of aromatic hydroxyl groups is 1. The molecule has 1 aromatic carbocycles. The normalized spacial score (nSPS) is 13.3. The zero-order chi connectivity index (χ0) is 22.4. The predicted octanol–water partition coefficient (Wildman–Crippen LogP) is 4.76. The lowest BCUT2D eigenvalue weighted by Gasteiger charge is -2.08. The molecule has 1 aliphatic rings. The summed E-state index contributed by atoms with van der Waals surface area (Å²) in [7, 11) is -5.86. The van der Waals surface area contributed by atoms with Crippen molar-refractivity contribution in [2.45, 2.75) is 34.1 Å². The van der Waals surface area contributed by atoms with E-state index in [0.717, 1.165) is 5.56 Å². The fourth-order valence-corrected chi connectivity index (χ4v) is 4.20. The molecule has 0 amide bonds. The van der Waals surface area contributed by atoms with Gasteiger partial charge in [0.2, 0.25) is 0 Å². The molecule has 30 heavy (non-hydrogen) atoms. The van der Waals surface area contributed by atoms with Gasteiger partial charge in [-0.1, -0.05) is 6.07 Å². The average Bonchev–Trinajstić information content (AvgIpc) is 3.25. The number of ketones is 1. The summed E-state index contributed by atoms with van der Waals surface area (Å²) in [6.45, 7) is 7.21. The Balaban J connectivity index is 0.000000216. The van der Waals surface area contributed by atoms with Gasteiger partial charge in [-0.05, 0) is 62.6 Å². The van der Waals surface area contributed by atoms with Crippen LogP contribution in [0.15, 0.2) is 36.2 Å². The first kappa shape index (κ1) is 21.8. The minimum atomic E-state index is -5.86. The number of Topliss-reactive ketones (excluding diaryl/α,β-unsaturated/α-hetero) is 1. The van der Waals surface area contributed by atoms with Gasteiger partial charge in [0.05, 0.1) is 11.1 Å². The Morgan fingerprint density at radius 2 is 1.83 bits per heavy atom. The molecule has 1 aliphatic carbocycles. The lowest BCUT2D eigenvalue weighted by atomic mass is 10.0. The molecule has 158 valence electrons. The average molecular weight is 436 g/mol. The fourth-order valence-electron chi connectivity index (χ4n) is 3.49. The highest BCUT2D eigenvalue weighted by Gasteiger charge is 2.54. The molecule has 0 radical (unpaired) electrons. The minimum Gasteiger partial charge on any atom is -0.508 e. The molecule has 0 fully saturated rings. The van der Waals surface area contributed by atoms with E-state index in [-0.39, 0.29) is 28.9 Å². The number of phenols is 1. The van der Waals surface area contributed by atoms with Crippen molar-refractivity contribution in [1.29, 1.82) is 0 Å². The van der Waals surface area contributed by atoms with E-state index in [4.69, 9.17) is 5.73 Å². The van der Waals surface area contributed by atoms with Gasteiger partial charge >= 0.3 is 13.6 Å². The second-order valence-electron chi connectivity index (χ2n) is 7.22. The topological polar surface area (TPSA) is 80.6 Å². The predicted molar refractivity (Wildman–Crippen MR) is 113 cm³/mol. The molecule has 0 bridgehead atoms. The van der Waals surface area contributed by atoms with Gasteiger partial charge in [0.25, 0.3) is 0 Å². The molecule has 3 N–H and O–H groups in total.